The van der Waals surface area contributed by atoms with Gasteiger partial charge in [-0.2, -0.15) is 0 Å². The van der Waals surface area contributed by atoms with Crippen molar-refractivity contribution in [2.45, 2.75) is 0 Å². The number of hydrogen-bond acceptors (Lipinski definition) is 3. The van der Waals surface area contributed by atoms with Gasteiger partial charge in [-0.15, -0.1) is 0 Å². The molecule has 5 rings (SSSR count). The molecule has 4 aromatic rings. The Labute approximate surface area is 140 Å². The number of anilines is 1. The second-order valence-electron chi connectivity index (χ2n) is 5.44. The van der Waals surface area contributed by atoms with Crippen molar-refractivity contribution in [2.75, 3.05) is 5.48 Å². The summed E-state index contributed by atoms with van der Waals surface area (Å²) in [6.45, 7) is 0. The lowest BCUT2D eigenvalue weighted by Gasteiger charge is -2.20. The van der Waals surface area contributed by atoms with Crippen molar-refractivity contribution in [3.8, 4) is 16.9 Å². The molecule has 0 amide bonds. The summed E-state index contributed by atoms with van der Waals surface area (Å²) < 4.78 is 0. The van der Waals surface area contributed by atoms with E-state index in [0.717, 1.165) is 22.5 Å². The van der Waals surface area contributed by atoms with Crippen molar-refractivity contribution in [2.24, 2.45) is 0 Å². The van der Waals surface area contributed by atoms with E-state index in [0.29, 0.717) is 0 Å². The van der Waals surface area contributed by atoms with Crippen LogP contribution in [-0.2, 0) is 0 Å². The van der Waals surface area contributed by atoms with Gasteiger partial charge in [0, 0.05) is 22.7 Å². The van der Waals surface area contributed by atoms with E-state index in [1.807, 2.05) is 66.9 Å². The number of benzene rings is 3. The molecule has 1 aromatic heterocycles. The van der Waals surface area contributed by atoms with E-state index in [9.17, 15) is 0 Å². The molecule has 1 N–H and O–H groups in total. The highest BCUT2D eigenvalue weighted by Crippen LogP contribution is 2.38. The number of rotatable bonds is 0. The van der Waals surface area contributed by atoms with Gasteiger partial charge in [-0.25, -0.2) is 5.48 Å². The van der Waals surface area contributed by atoms with Crippen molar-refractivity contribution >= 4 is 16.6 Å². The van der Waals surface area contributed by atoms with Crippen molar-refractivity contribution < 1.29 is 4.84 Å². The summed E-state index contributed by atoms with van der Waals surface area (Å²) in [4.78, 5) is 9.58. The Kier molecular flexibility index (Phi) is 3.82. The first-order valence-corrected chi connectivity index (χ1v) is 7.83. The molecule has 0 radical (unpaired) electrons. The predicted octanol–water partition coefficient (Wildman–Crippen LogP) is 5.31. The smallest absolute Gasteiger partial charge is 0.162 e. The maximum Gasteiger partial charge on any atom is 0.162 e. The van der Waals surface area contributed by atoms with E-state index < -0.39 is 0 Å². The summed E-state index contributed by atoms with van der Waals surface area (Å²) in [6.07, 6.45) is 1.81. The Morgan fingerprint density at radius 1 is 0.667 bits per heavy atom. The Bertz CT molecular complexity index is 871. The summed E-state index contributed by atoms with van der Waals surface area (Å²) in [5, 5.41) is 1.20. The second-order valence-corrected chi connectivity index (χ2v) is 5.44. The maximum absolute atomic E-state index is 5.40. The van der Waals surface area contributed by atoms with Crippen LogP contribution >= 0.6 is 0 Å². The topological polar surface area (TPSA) is 34.1 Å². The number of fused-ring (bicyclic) bond motifs is 4. The summed E-state index contributed by atoms with van der Waals surface area (Å²) in [5.74, 6) is 0.881. The van der Waals surface area contributed by atoms with Crippen LogP contribution in [0, 0.1) is 0 Å². The fraction of sp³-hybridized carbons (Fsp3) is 0. The Balaban J connectivity index is 0.000000129. The van der Waals surface area contributed by atoms with E-state index >= 15 is 0 Å². The number of nitrogens with zero attached hydrogens (tertiary/aromatic N) is 1. The summed E-state index contributed by atoms with van der Waals surface area (Å²) in [6, 6.07) is 28.2. The Morgan fingerprint density at radius 3 is 2.29 bits per heavy atom. The van der Waals surface area contributed by atoms with Crippen LogP contribution < -0.4 is 10.3 Å². The molecule has 0 atom stereocenters. The molecule has 0 saturated heterocycles. The fourth-order valence-electron chi connectivity index (χ4n) is 2.71. The largest absolute Gasteiger partial charge is 0.381 e. The first-order chi connectivity index (χ1) is 11.9. The molecule has 3 aromatic carbocycles. The SMILES string of the molecule is c1ccc2c(c1)NOc1ccccc1-2.c1ccc2ncccc2c1. The van der Waals surface area contributed by atoms with E-state index in [-0.39, 0.29) is 0 Å². The van der Waals surface area contributed by atoms with Crippen LogP contribution in [-0.4, -0.2) is 4.98 Å². The molecule has 1 aliphatic rings. The van der Waals surface area contributed by atoms with Crippen LogP contribution in [0.1, 0.15) is 0 Å². The van der Waals surface area contributed by atoms with Gasteiger partial charge in [-0.3, -0.25) is 4.98 Å². The van der Waals surface area contributed by atoms with Gasteiger partial charge in [-0.1, -0.05) is 60.7 Å². The summed E-state index contributed by atoms with van der Waals surface area (Å²) in [7, 11) is 0. The number of para-hydroxylation sites is 3. The first-order valence-electron chi connectivity index (χ1n) is 7.83. The standard InChI is InChI=1S/C12H9NO.C9H7N/c1-3-7-11-9(5-1)10-6-2-4-8-12(10)14-13-11;1-2-6-9-8(4-1)5-3-7-10-9/h1-8,13H;1-7H. The lowest BCUT2D eigenvalue weighted by Crippen LogP contribution is -2.10. The maximum atomic E-state index is 5.40. The third kappa shape index (κ3) is 2.79. The first kappa shape index (κ1) is 14.3. The molecular formula is C21H16N2O. The molecule has 0 unspecified atom stereocenters. The zero-order chi connectivity index (χ0) is 16.2. The van der Waals surface area contributed by atoms with Crippen LogP contribution in [0.5, 0.6) is 5.75 Å². The molecule has 0 bridgehead atoms. The third-order valence-electron chi connectivity index (χ3n) is 3.89. The molecule has 3 nitrogen and oxygen atoms in total. The fourth-order valence-corrected chi connectivity index (χ4v) is 2.71. The van der Waals surface area contributed by atoms with Crippen LogP contribution in [0.15, 0.2) is 91.1 Å². The molecule has 1 aliphatic heterocycles. The molecule has 116 valence electrons. The second kappa shape index (κ2) is 6.42. The van der Waals surface area contributed by atoms with Gasteiger partial charge >= 0.3 is 0 Å². The molecule has 0 aliphatic carbocycles. The zero-order valence-electron chi connectivity index (χ0n) is 13.0. The predicted molar refractivity (Wildman–Crippen MR) is 97.9 cm³/mol. The average Bonchev–Trinajstić information content (AvgIpc) is 2.68. The van der Waals surface area contributed by atoms with Crippen molar-refractivity contribution in [1.82, 2.24) is 4.98 Å². The highest BCUT2D eigenvalue weighted by molar-refractivity contribution is 5.83. The van der Waals surface area contributed by atoms with Crippen LogP contribution in [0.3, 0.4) is 0 Å². The summed E-state index contributed by atoms with van der Waals surface area (Å²) >= 11 is 0. The van der Waals surface area contributed by atoms with E-state index in [2.05, 4.69) is 34.7 Å². The third-order valence-corrected chi connectivity index (χ3v) is 3.89. The van der Waals surface area contributed by atoms with E-state index in [1.54, 1.807) is 0 Å². The minimum absolute atomic E-state index is 0.881. The number of pyridine rings is 1. The number of hydrogen-bond donors (Lipinski definition) is 1. The lowest BCUT2D eigenvalue weighted by atomic mass is 10.0. The molecule has 3 heteroatoms. The van der Waals surface area contributed by atoms with Crippen molar-refractivity contribution in [3.63, 3.8) is 0 Å². The van der Waals surface area contributed by atoms with E-state index in [4.69, 9.17) is 4.84 Å². The van der Waals surface area contributed by atoms with Gasteiger partial charge in [0.1, 0.15) is 0 Å². The quantitative estimate of drug-likeness (QED) is 0.478. The highest BCUT2D eigenvalue weighted by Gasteiger charge is 2.14. The highest BCUT2D eigenvalue weighted by atomic mass is 16.6. The van der Waals surface area contributed by atoms with Crippen molar-refractivity contribution in [3.05, 3.63) is 91.1 Å². The normalized spacial score (nSPS) is 11.2. The van der Waals surface area contributed by atoms with Crippen LogP contribution in [0.25, 0.3) is 22.0 Å². The molecule has 0 spiro atoms. The molecule has 0 fully saturated rings. The monoisotopic (exact) mass is 312 g/mol. The Hall–Kier alpha value is -3.33. The lowest BCUT2D eigenvalue weighted by molar-refractivity contribution is 0.402. The molecule has 0 saturated carbocycles. The minimum Gasteiger partial charge on any atom is -0.381 e. The van der Waals surface area contributed by atoms with E-state index in [1.165, 1.54) is 10.9 Å². The number of aromatic nitrogens is 1. The van der Waals surface area contributed by atoms with Gasteiger partial charge in [0.15, 0.2) is 5.75 Å². The van der Waals surface area contributed by atoms with Crippen molar-refractivity contribution in [1.29, 1.82) is 0 Å². The minimum atomic E-state index is 0.881. The molecular weight excluding hydrogens is 296 g/mol. The van der Waals surface area contributed by atoms with Gasteiger partial charge < -0.3 is 4.84 Å². The van der Waals surface area contributed by atoms with Crippen LogP contribution in [0.2, 0.25) is 0 Å². The Morgan fingerprint density at radius 2 is 1.38 bits per heavy atom. The summed E-state index contributed by atoms with van der Waals surface area (Å²) in [5.41, 5.74) is 7.33. The average molecular weight is 312 g/mol. The van der Waals surface area contributed by atoms with Gasteiger partial charge in [0.05, 0.1) is 11.2 Å². The zero-order valence-corrected chi connectivity index (χ0v) is 13.0. The van der Waals surface area contributed by atoms with Crippen LogP contribution in [0.4, 0.5) is 5.69 Å². The molecule has 2 heterocycles. The molecule has 24 heavy (non-hydrogen) atoms. The van der Waals surface area contributed by atoms with Gasteiger partial charge in [0.2, 0.25) is 0 Å². The number of nitrogens with one attached hydrogen (secondary N) is 1. The van der Waals surface area contributed by atoms with Gasteiger partial charge in [-0.05, 0) is 24.3 Å². The van der Waals surface area contributed by atoms with Gasteiger partial charge in [0.25, 0.3) is 0 Å².